The summed E-state index contributed by atoms with van der Waals surface area (Å²) >= 11 is 1.17. The van der Waals surface area contributed by atoms with E-state index in [0.717, 1.165) is 0 Å². The second-order valence-electron chi connectivity index (χ2n) is 3.48. The van der Waals surface area contributed by atoms with Crippen LogP contribution in [0.5, 0.6) is 11.5 Å². The fourth-order valence-corrected chi connectivity index (χ4v) is 1.78. The number of aromatic hydroxyl groups is 1. The van der Waals surface area contributed by atoms with E-state index in [2.05, 4.69) is 0 Å². The number of aldehydes is 1. The second-order valence-corrected chi connectivity index (χ2v) is 4.67. The SMILES string of the molecule is COc1cc(C=O)c(C=CCSC(C)=O)cc1O. The van der Waals surface area contributed by atoms with Crippen molar-refractivity contribution in [1.29, 1.82) is 0 Å². The van der Waals surface area contributed by atoms with Crippen LogP contribution in [0.2, 0.25) is 0 Å². The Morgan fingerprint density at radius 1 is 1.44 bits per heavy atom. The van der Waals surface area contributed by atoms with Crippen LogP contribution in [-0.4, -0.2) is 29.4 Å². The van der Waals surface area contributed by atoms with E-state index in [1.54, 1.807) is 12.2 Å². The molecule has 0 aliphatic rings. The lowest BCUT2D eigenvalue weighted by atomic mass is 10.1. The molecular weight excluding hydrogens is 252 g/mol. The zero-order valence-electron chi connectivity index (χ0n) is 10.2. The van der Waals surface area contributed by atoms with Crippen LogP contribution in [0.25, 0.3) is 6.08 Å². The first kappa shape index (κ1) is 14.3. The largest absolute Gasteiger partial charge is 0.504 e. The van der Waals surface area contributed by atoms with Gasteiger partial charge in [-0.05, 0) is 17.7 Å². The van der Waals surface area contributed by atoms with E-state index in [4.69, 9.17) is 4.74 Å². The molecule has 0 aromatic heterocycles. The quantitative estimate of drug-likeness (QED) is 0.830. The van der Waals surface area contributed by atoms with Crippen molar-refractivity contribution in [1.82, 2.24) is 0 Å². The van der Waals surface area contributed by atoms with Crippen molar-refractivity contribution in [2.24, 2.45) is 0 Å². The Balaban J connectivity index is 2.91. The summed E-state index contributed by atoms with van der Waals surface area (Å²) in [4.78, 5) is 21.6. The van der Waals surface area contributed by atoms with Crippen LogP contribution in [0.3, 0.4) is 0 Å². The van der Waals surface area contributed by atoms with Gasteiger partial charge in [-0.15, -0.1) is 0 Å². The Morgan fingerprint density at radius 3 is 2.72 bits per heavy atom. The monoisotopic (exact) mass is 266 g/mol. The fourth-order valence-electron chi connectivity index (χ4n) is 1.35. The van der Waals surface area contributed by atoms with Crippen molar-refractivity contribution in [2.75, 3.05) is 12.9 Å². The summed E-state index contributed by atoms with van der Waals surface area (Å²) < 4.78 is 4.92. The first-order valence-electron chi connectivity index (χ1n) is 5.24. The topological polar surface area (TPSA) is 63.6 Å². The average Bonchev–Trinajstić information content (AvgIpc) is 2.34. The molecule has 18 heavy (non-hydrogen) atoms. The molecule has 1 aromatic carbocycles. The molecule has 0 atom stereocenters. The molecule has 0 aliphatic carbocycles. The van der Waals surface area contributed by atoms with Gasteiger partial charge in [-0.2, -0.15) is 0 Å². The molecule has 0 radical (unpaired) electrons. The first-order valence-corrected chi connectivity index (χ1v) is 6.23. The van der Waals surface area contributed by atoms with Gasteiger partial charge >= 0.3 is 0 Å². The number of thioether (sulfide) groups is 1. The van der Waals surface area contributed by atoms with E-state index in [1.807, 2.05) is 0 Å². The lowest BCUT2D eigenvalue weighted by Crippen LogP contribution is -1.91. The zero-order valence-corrected chi connectivity index (χ0v) is 11.0. The second kappa shape index (κ2) is 6.86. The van der Waals surface area contributed by atoms with Gasteiger partial charge in [-0.25, -0.2) is 0 Å². The number of rotatable bonds is 5. The molecule has 0 spiro atoms. The normalized spacial score (nSPS) is 10.6. The smallest absolute Gasteiger partial charge is 0.186 e. The minimum Gasteiger partial charge on any atom is -0.504 e. The van der Waals surface area contributed by atoms with Crippen molar-refractivity contribution in [3.63, 3.8) is 0 Å². The van der Waals surface area contributed by atoms with Crippen LogP contribution >= 0.6 is 11.8 Å². The molecule has 1 aromatic rings. The van der Waals surface area contributed by atoms with Gasteiger partial charge in [0, 0.05) is 18.2 Å². The molecule has 1 rings (SSSR count). The molecule has 0 unspecified atom stereocenters. The van der Waals surface area contributed by atoms with Crippen LogP contribution in [0.15, 0.2) is 18.2 Å². The number of hydrogen-bond acceptors (Lipinski definition) is 5. The standard InChI is InChI=1S/C13H14O4S/c1-9(15)18-5-3-4-10-6-12(16)13(17-2)7-11(10)8-14/h3-4,6-8,16H,5H2,1-2H3. The molecule has 4 nitrogen and oxygen atoms in total. The van der Waals surface area contributed by atoms with Gasteiger partial charge in [0.1, 0.15) is 0 Å². The predicted octanol–water partition coefficient (Wildman–Crippen LogP) is 2.51. The maximum Gasteiger partial charge on any atom is 0.186 e. The molecule has 0 fully saturated rings. The number of phenolic OH excluding ortho intramolecular Hbond substituents is 1. The van der Waals surface area contributed by atoms with Gasteiger partial charge in [0.05, 0.1) is 7.11 Å². The summed E-state index contributed by atoms with van der Waals surface area (Å²) in [6.07, 6.45) is 4.15. The Hall–Kier alpha value is -1.75. The van der Waals surface area contributed by atoms with Crippen LogP contribution < -0.4 is 4.74 Å². The van der Waals surface area contributed by atoms with E-state index in [-0.39, 0.29) is 16.6 Å². The van der Waals surface area contributed by atoms with Gasteiger partial charge < -0.3 is 9.84 Å². The van der Waals surface area contributed by atoms with Gasteiger partial charge in [0.25, 0.3) is 0 Å². The maximum absolute atomic E-state index is 10.9. The lowest BCUT2D eigenvalue weighted by Gasteiger charge is -2.06. The molecule has 1 N–H and O–H groups in total. The third-order valence-electron chi connectivity index (χ3n) is 2.19. The first-order chi connectivity index (χ1) is 8.58. The van der Waals surface area contributed by atoms with E-state index >= 15 is 0 Å². The number of carbonyl (C=O) groups is 2. The van der Waals surface area contributed by atoms with Crippen LogP contribution in [0.1, 0.15) is 22.8 Å². The Morgan fingerprint density at radius 2 is 2.17 bits per heavy atom. The minimum atomic E-state index is -0.0260. The van der Waals surface area contributed by atoms with Crippen LogP contribution in [-0.2, 0) is 4.79 Å². The minimum absolute atomic E-state index is 0.0260. The number of ether oxygens (including phenoxy) is 1. The number of phenols is 1. The van der Waals surface area contributed by atoms with Gasteiger partial charge in [0.15, 0.2) is 22.9 Å². The molecule has 0 saturated heterocycles. The molecule has 96 valence electrons. The highest BCUT2D eigenvalue weighted by Crippen LogP contribution is 2.29. The van der Waals surface area contributed by atoms with E-state index < -0.39 is 0 Å². The van der Waals surface area contributed by atoms with E-state index in [9.17, 15) is 14.7 Å². The molecule has 0 bridgehead atoms. The van der Waals surface area contributed by atoms with Crippen molar-refractivity contribution in [2.45, 2.75) is 6.92 Å². The number of hydrogen-bond donors (Lipinski definition) is 1. The Kier molecular flexibility index (Phi) is 5.45. The highest BCUT2D eigenvalue weighted by Gasteiger charge is 2.07. The van der Waals surface area contributed by atoms with Crippen molar-refractivity contribution in [3.8, 4) is 11.5 Å². The molecule has 0 amide bonds. The van der Waals surface area contributed by atoms with Crippen LogP contribution in [0, 0.1) is 0 Å². The van der Waals surface area contributed by atoms with Crippen molar-refractivity contribution in [3.05, 3.63) is 29.3 Å². The summed E-state index contributed by atoms with van der Waals surface area (Å²) in [6, 6.07) is 2.93. The van der Waals surface area contributed by atoms with Gasteiger partial charge in [0.2, 0.25) is 0 Å². The zero-order chi connectivity index (χ0) is 13.5. The van der Waals surface area contributed by atoms with Gasteiger partial charge in [-0.3, -0.25) is 9.59 Å². The number of methoxy groups -OCH3 is 1. The maximum atomic E-state index is 10.9. The third-order valence-corrected chi connectivity index (χ3v) is 2.96. The fraction of sp³-hybridized carbons (Fsp3) is 0.231. The number of benzene rings is 1. The Bertz CT molecular complexity index is 480. The van der Waals surface area contributed by atoms with Gasteiger partial charge in [-0.1, -0.05) is 23.9 Å². The summed E-state index contributed by atoms with van der Waals surface area (Å²) in [7, 11) is 1.42. The molecule has 0 heterocycles. The summed E-state index contributed by atoms with van der Waals surface area (Å²) in [6.45, 7) is 1.49. The average molecular weight is 266 g/mol. The molecule has 0 aliphatic heterocycles. The van der Waals surface area contributed by atoms with E-state index in [1.165, 1.54) is 37.9 Å². The summed E-state index contributed by atoms with van der Waals surface area (Å²) in [5, 5.41) is 9.66. The van der Waals surface area contributed by atoms with Crippen molar-refractivity contribution >= 4 is 29.2 Å². The van der Waals surface area contributed by atoms with E-state index in [0.29, 0.717) is 23.2 Å². The molecule has 5 heteroatoms. The predicted molar refractivity (Wildman–Crippen MR) is 72.2 cm³/mol. The Labute approximate surface area is 110 Å². The molecular formula is C13H14O4S. The summed E-state index contributed by atoms with van der Waals surface area (Å²) in [5.41, 5.74) is 1.01. The number of carbonyl (C=O) groups excluding carboxylic acids is 2. The highest BCUT2D eigenvalue weighted by atomic mass is 32.2. The summed E-state index contributed by atoms with van der Waals surface area (Å²) in [5.74, 6) is 0.759. The highest BCUT2D eigenvalue weighted by molar-refractivity contribution is 8.13. The lowest BCUT2D eigenvalue weighted by molar-refractivity contribution is -0.109. The van der Waals surface area contributed by atoms with Crippen molar-refractivity contribution < 1.29 is 19.4 Å². The third kappa shape index (κ3) is 3.92. The molecule has 0 saturated carbocycles. The van der Waals surface area contributed by atoms with Crippen LogP contribution in [0.4, 0.5) is 0 Å².